The molecule has 1 aliphatic rings. The molecule has 1 fully saturated rings. The van der Waals surface area contributed by atoms with Crippen molar-refractivity contribution in [1.29, 1.82) is 0 Å². The first-order valence-electron chi connectivity index (χ1n) is 6.92. The molecule has 5 heteroatoms. The highest BCUT2D eigenvalue weighted by atomic mass is 35.5. The lowest BCUT2D eigenvalue weighted by Gasteiger charge is -2.32. The standard InChI is InChI=1S/C15H20Cl2N2O/c1-8-3-9(2)5-11(4-8)19-15(20)12-6-10(18)7-13(16)14(12)17/h6-9,11H,3-5,18H2,1-2H3,(H,19,20). The van der Waals surface area contributed by atoms with Gasteiger partial charge in [-0.1, -0.05) is 37.0 Å². The third-order valence-electron chi connectivity index (χ3n) is 3.81. The number of rotatable bonds is 2. The first-order chi connectivity index (χ1) is 9.36. The molecule has 0 saturated heterocycles. The third kappa shape index (κ3) is 3.58. The van der Waals surface area contributed by atoms with E-state index in [1.54, 1.807) is 12.1 Å². The second kappa shape index (κ2) is 6.23. The Kier molecular flexibility index (Phi) is 4.82. The molecule has 1 aromatic carbocycles. The summed E-state index contributed by atoms with van der Waals surface area (Å²) in [5.74, 6) is 1.06. The highest BCUT2D eigenvalue weighted by Crippen LogP contribution is 2.31. The number of nitrogen functional groups attached to an aromatic ring is 1. The third-order valence-corrected chi connectivity index (χ3v) is 4.61. The molecule has 0 spiro atoms. The van der Waals surface area contributed by atoms with Gasteiger partial charge in [-0.15, -0.1) is 0 Å². The van der Waals surface area contributed by atoms with Crippen molar-refractivity contribution < 1.29 is 4.79 Å². The van der Waals surface area contributed by atoms with Crippen molar-refractivity contribution in [2.45, 2.75) is 39.2 Å². The monoisotopic (exact) mass is 314 g/mol. The van der Waals surface area contributed by atoms with Crippen LogP contribution in [0, 0.1) is 11.8 Å². The fourth-order valence-electron chi connectivity index (χ4n) is 3.10. The van der Waals surface area contributed by atoms with E-state index in [4.69, 9.17) is 28.9 Å². The summed E-state index contributed by atoms with van der Waals surface area (Å²) in [5.41, 5.74) is 6.51. The van der Waals surface area contributed by atoms with Crippen LogP contribution in [0.4, 0.5) is 5.69 Å². The minimum absolute atomic E-state index is 0.192. The summed E-state index contributed by atoms with van der Waals surface area (Å²) < 4.78 is 0. The van der Waals surface area contributed by atoms with Gasteiger partial charge < -0.3 is 11.1 Å². The number of nitrogens with two attached hydrogens (primary N) is 1. The van der Waals surface area contributed by atoms with Gasteiger partial charge in [-0.05, 0) is 43.2 Å². The minimum atomic E-state index is -0.199. The second-order valence-electron chi connectivity index (χ2n) is 5.95. The minimum Gasteiger partial charge on any atom is -0.399 e. The molecule has 2 unspecified atom stereocenters. The maximum atomic E-state index is 12.3. The number of benzene rings is 1. The molecule has 2 atom stereocenters. The van der Waals surface area contributed by atoms with Crippen molar-refractivity contribution >= 4 is 34.8 Å². The van der Waals surface area contributed by atoms with Crippen LogP contribution in [0.1, 0.15) is 43.5 Å². The Morgan fingerprint density at radius 1 is 1.20 bits per heavy atom. The van der Waals surface area contributed by atoms with Gasteiger partial charge in [0.05, 0.1) is 15.6 Å². The maximum Gasteiger partial charge on any atom is 0.253 e. The Labute approximate surface area is 129 Å². The molecular weight excluding hydrogens is 295 g/mol. The summed E-state index contributed by atoms with van der Waals surface area (Å²) in [7, 11) is 0. The quantitative estimate of drug-likeness (QED) is 0.806. The normalized spacial score (nSPS) is 26.3. The summed E-state index contributed by atoms with van der Waals surface area (Å²) in [6, 6.07) is 3.31. The highest BCUT2D eigenvalue weighted by molar-refractivity contribution is 6.44. The molecule has 0 bridgehead atoms. The Morgan fingerprint density at radius 3 is 2.40 bits per heavy atom. The van der Waals surface area contributed by atoms with Gasteiger partial charge in [0, 0.05) is 11.7 Å². The lowest BCUT2D eigenvalue weighted by Crippen LogP contribution is -2.40. The molecule has 1 saturated carbocycles. The molecule has 20 heavy (non-hydrogen) atoms. The van der Waals surface area contributed by atoms with Crippen LogP contribution in [-0.4, -0.2) is 11.9 Å². The zero-order valence-corrected chi connectivity index (χ0v) is 13.3. The Balaban J connectivity index is 2.12. The van der Waals surface area contributed by atoms with E-state index in [9.17, 15) is 4.79 Å². The van der Waals surface area contributed by atoms with Gasteiger partial charge in [0.25, 0.3) is 5.91 Å². The predicted octanol–water partition coefficient (Wildman–Crippen LogP) is 4.13. The first-order valence-corrected chi connectivity index (χ1v) is 7.67. The number of anilines is 1. The summed E-state index contributed by atoms with van der Waals surface area (Å²) in [6.45, 7) is 4.44. The van der Waals surface area contributed by atoms with Crippen LogP contribution in [0.15, 0.2) is 12.1 Å². The van der Waals surface area contributed by atoms with Crippen LogP contribution in [0.2, 0.25) is 10.0 Å². The van der Waals surface area contributed by atoms with Crippen molar-refractivity contribution in [1.82, 2.24) is 5.32 Å². The zero-order valence-electron chi connectivity index (χ0n) is 11.7. The molecule has 3 N–H and O–H groups in total. The van der Waals surface area contributed by atoms with Crippen LogP contribution in [0.3, 0.4) is 0 Å². The molecule has 0 aromatic heterocycles. The van der Waals surface area contributed by atoms with E-state index in [1.165, 1.54) is 6.42 Å². The van der Waals surface area contributed by atoms with Crippen LogP contribution >= 0.6 is 23.2 Å². The van der Waals surface area contributed by atoms with Gasteiger partial charge in [0.1, 0.15) is 0 Å². The Bertz CT molecular complexity index is 509. The molecule has 1 aromatic rings. The van der Waals surface area contributed by atoms with E-state index in [0.29, 0.717) is 28.1 Å². The topological polar surface area (TPSA) is 55.1 Å². The smallest absolute Gasteiger partial charge is 0.253 e. The zero-order chi connectivity index (χ0) is 14.9. The van der Waals surface area contributed by atoms with E-state index < -0.39 is 0 Å². The van der Waals surface area contributed by atoms with E-state index in [0.717, 1.165) is 12.8 Å². The molecule has 0 aliphatic heterocycles. The molecule has 0 radical (unpaired) electrons. The van der Waals surface area contributed by atoms with E-state index in [-0.39, 0.29) is 17.0 Å². The van der Waals surface area contributed by atoms with Gasteiger partial charge in [-0.25, -0.2) is 0 Å². The fourth-order valence-corrected chi connectivity index (χ4v) is 3.53. The molecule has 110 valence electrons. The average Bonchev–Trinajstić information content (AvgIpc) is 2.32. The maximum absolute atomic E-state index is 12.3. The number of amides is 1. The number of nitrogens with one attached hydrogen (secondary N) is 1. The van der Waals surface area contributed by atoms with E-state index >= 15 is 0 Å². The van der Waals surface area contributed by atoms with Crippen molar-refractivity contribution in [3.05, 3.63) is 27.7 Å². The molecule has 0 heterocycles. The van der Waals surface area contributed by atoms with Crippen LogP contribution in [0.5, 0.6) is 0 Å². The molecule has 1 aliphatic carbocycles. The lowest BCUT2D eigenvalue weighted by molar-refractivity contribution is 0.0911. The van der Waals surface area contributed by atoms with Gasteiger partial charge in [0.15, 0.2) is 0 Å². The second-order valence-corrected chi connectivity index (χ2v) is 6.74. The Morgan fingerprint density at radius 2 is 1.80 bits per heavy atom. The summed E-state index contributed by atoms with van der Waals surface area (Å²) in [5, 5.41) is 3.62. The summed E-state index contributed by atoms with van der Waals surface area (Å²) in [6.07, 6.45) is 3.23. The van der Waals surface area contributed by atoms with E-state index in [1.807, 2.05) is 0 Å². The largest absolute Gasteiger partial charge is 0.399 e. The number of hydrogen-bond donors (Lipinski definition) is 2. The van der Waals surface area contributed by atoms with Crippen molar-refractivity contribution in [2.24, 2.45) is 11.8 Å². The molecule has 3 nitrogen and oxygen atoms in total. The number of carbonyl (C=O) groups is 1. The molecule has 1 amide bonds. The van der Waals surface area contributed by atoms with Crippen LogP contribution in [0.25, 0.3) is 0 Å². The SMILES string of the molecule is CC1CC(C)CC(NC(=O)c2cc(N)cc(Cl)c2Cl)C1. The number of hydrogen-bond acceptors (Lipinski definition) is 2. The van der Waals surface area contributed by atoms with Gasteiger partial charge in [-0.2, -0.15) is 0 Å². The summed E-state index contributed by atoms with van der Waals surface area (Å²) in [4.78, 5) is 12.3. The molecule has 2 rings (SSSR count). The predicted molar refractivity (Wildman–Crippen MR) is 84.3 cm³/mol. The van der Waals surface area contributed by atoms with Gasteiger partial charge in [0.2, 0.25) is 0 Å². The first kappa shape index (κ1) is 15.5. The average molecular weight is 315 g/mol. The summed E-state index contributed by atoms with van der Waals surface area (Å²) >= 11 is 12.0. The van der Waals surface area contributed by atoms with Crippen LogP contribution < -0.4 is 11.1 Å². The van der Waals surface area contributed by atoms with E-state index in [2.05, 4.69) is 19.2 Å². The van der Waals surface area contributed by atoms with Gasteiger partial charge >= 0.3 is 0 Å². The number of halogens is 2. The lowest BCUT2D eigenvalue weighted by atomic mass is 9.80. The van der Waals surface area contributed by atoms with Crippen molar-refractivity contribution in [3.8, 4) is 0 Å². The molecular formula is C15H20Cl2N2O. The van der Waals surface area contributed by atoms with Crippen molar-refractivity contribution in [2.75, 3.05) is 5.73 Å². The number of carbonyl (C=O) groups excluding carboxylic acids is 1. The highest BCUT2D eigenvalue weighted by Gasteiger charge is 2.26. The van der Waals surface area contributed by atoms with Gasteiger partial charge in [-0.3, -0.25) is 4.79 Å². The Hall–Kier alpha value is -0.930. The fraction of sp³-hybridized carbons (Fsp3) is 0.533. The van der Waals surface area contributed by atoms with Crippen molar-refractivity contribution in [3.63, 3.8) is 0 Å². The van der Waals surface area contributed by atoms with Crippen LogP contribution in [-0.2, 0) is 0 Å².